The number of H-pyrrole nitrogens is 1. The van der Waals surface area contributed by atoms with E-state index in [4.69, 9.17) is 9.97 Å². The van der Waals surface area contributed by atoms with Gasteiger partial charge in [-0.2, -0.15) is 0 Å². The summed E-state index contributed by atoms with van der Waals surface area (Å²) in [5.41, 5.74) is 10.6. The molecule has 3 heterocycles. The molecule has 8 rings (SSSR count). The normalized spacial score (nSPS) is 12.3. The van der Waals surface area contributed by atoms with Gasteiger partial charge in [0.25, 0.3) is 0 Å². The lowest BCUT2D eigenvalue weighted by molar-refractivity contribution is 0.253. The van der Waals surface area contributed by atoms with Crippen molar-refractivity contribution >= 4 is 27.8 Å². The minimum Gasteiger partial charge on any atom is -0.370 e. The molecule has 8 aromatic rings. The number of aryl methyl sites for hydroxylation is 1. The summed E-state index contributed by atoms with van der Waals surface area (Å²) in [6.07, 6.45) is 4.63. The molecule has 5 aromatic carbocycles. The molecule has 1 atom stereocenters. The topological polar surface area (TPSA) is 78.8 Å². The molecule has 3 N–H and O–H groups in total. The van der Waals surface area contributed by atoms with E-state index in [0.717, 1.165) is 67.0 Å². The summed E-state index contributed by atoms with van der Waals surface area (Å²) in [6.45, 7) is 5.78. The van der Waals surface area contributed by atoms with E-state index >= 15 is 0 Å². The second-order valence-electron chi connectivity index (χ2n) is 12.3. The molecule has 6 heteroatoms. The van der Waals surface area contributed by atoms with E-state index < -0.39 is 11.8 Å². The van der Waals surface area contributed by atoms with Crippen LogP contribution in [0.5, 0.6) is 0 Å². The lowest BCUT2D eigenvalue weighted by Gasteiger charge is -2.38. The second-order valence-corrected chi connectivity index (χ2v) is 12.3. The molecular formula is C43H35N5O. The molecule has 0 bridgehead atoms. The first-order chi connectivity index (χ1) is 24.0. The van der Waals surface area contributed by atoms with Crippen LogP contribution in [-0.4, -0.2) is 30.9 Å². The second kappa shape index (κ2) is 12.4. The van der Waals surface area contributed by atoms with Crippen LogP contribution < -0.4 is 5.32 Å². The summed E-state index contributed by atoms with van der Waals surface area (Å²) >= 11 is 0. The minimum atomic E-state index is -0.864. The largest absolute Gasteiger partial charge is 0.370 e. The first-order valence-electron chi connectivity index (χ1n) is 16.4. The van der Waals surface area contributed by atoms with Crippen molar-refractivity contribution in [2.45, 2.75) is 18.7 Å². The first-order valence-corrected chi connectivity index (χ1v) is 16.4. The lowest BCUT2D eigenvalue weighted by Crippen LogP contribution is -2.37. The van der Waals surface area contributed by atoms with Crippen molar-refractivity contribution in [3.63, 3.8) is 0 Å². The maximum Gasteiger partial charge on any atom is 0.160 e. The van der Waals surface area contributed by atoms with Gasteiger partial charge in [0.1, 0.15) is 17.3 Å². The van der Waals surface area contributed by atoms with Crippen LogP contribution in [-0.2, 0) is 5.54 Å². The third-order valence-electron chi connectivity index (χ3n) is 9.20. The van der Waals surface area contributed by atoms with Crippen molar-refractivity contribution in [1.29, 1.82) is 0 Å². The maximum absolute atomic E-state index is 10.2. The van der Waals surface area contributed by atoms with Crippen molar-refractivity contribution in [1.82, 2.24) is 19.5 Å². The number of nitrogens with one attached hydrogen (secondary N) is 2. The van der Waals surface area contributed by atoms with Crippen LogP contribution in [0.2, 0.25) is 0 Å². The molecule has 49 heavy (non-hydrogen) atoms. The molecule has 1 unspecified atom stereocenters. The summed E-state index contributed by atoms with van der Waals surface area (Å²) in [4.78, 5) is 14.3. The zero-order chi connectivity index (χ0) is 33.4. The van der Waals surface area contributed by atoms with E-state index in [1.165, 1.54) is 11.6 Å². The average molecular weight is 638 g/mol. The van der Waals surface area contributed by atoms with Crippen LogP contribution in [0.1, 0.15) is 22.3 Å². The number of aromatic nitrogens is 4. The Morgan fingerprint density at radius 1 is 0.796 bits per heavy atom. The van der Waals surface area contributed by atoms with Gasteiger partial charge >= 0.3 is 0 Å². The Bertz CT molecular complexity index is 2320. The zero-order valence-corrected chi connectivity index (χ0v) is 27.1. The van der Waals surface area contributed by atoms with E-state index in [0.29, 0.717) is 0 Å². The highest BCUT2D eigenvalue weighted by atomic mass is 16.3. The average Bonchev–Trinajstić information content (AvgIpc) is 3.75. The van der Waals surface area contributed by atoms with Crippen LogP contribution in [0, 0.1) is 6.92 Å². The number of hydrogen-bond acceptors (Lipinski definition) is 4. The molecule has 238 valence electrons. The molecule has 3 aromatic heterocycles. The van der Waals surface area contributed by atoms with Crippen molar-refractivity contribution in [2.24, 2.45) is 0 Å². The molecule has 0 spiro atoms. The van der Waals surface area contributed by atoms with E-state index in [2.05, 4.69) is 150 Å². The Morgan fingerprint density at radius 3 is 2.08 bits per heavy atom. The Hall–Kier alpha value is -6.24. The van der Waals surface area contributed by atoms with E-state index in [1.807, 2.05) is 30.5 Å². The molecular weight excluding hydrogens is 603 g/mol. The van der Waals surface area contributed by atoms with Gasteiger partial charge in [-0.1, -0.05) is 122 Å². The Kier molecular flexibility index (Phi) is 7.63. The fourth-order valence-corrected chi connectivity index (χ4v) is 6.92. The number of nitrogens with zero attached hydrogens (tertiary/aromatic N) is 3. The Morgan fingerprint density at radius 2 is 1.45 bits per heavy atom. The van der Waals surface area contributed by atoms with Crippen LogP contribution >= 0.6 is 0 Å². The number of rotatable bonds is 9. The molecule has 6 nitrogen and oxygen atoms in total. The smallest absolute Gasteiger partial charge is 0.160 e. The highest BCUT2D eigenvalue weighted by molar-refractivity contribution is 5.96. The molecule has 0 aliphatic rings. The fourth-order valence-electron chi connectivity index (χ4n) is 6.92. The van der Waals surface area contributed by atoms with Gasteiger partial charge in [0.05, 0.1) is 17.6 Å². The summed E-state index contributed by atoms with van der Waals surface area (Å²) in [5, 5.41) is 14.3. The van der Waals surface area contributed by atoms with Gasteiger partial charge in [-0.05, 0) is 59.5 Å². The number of aliphatic hydroxyl groups is 1. The molecule has 0 saturated carbocycles. The molecule has 0 aliphatic carbocycles. The summed E-state index contributed by atoms with van der Waals surface area (Å²) in [5.74, 6) is 0. The molecule has 0 aliphatic heterocycles. The third kappa shape index (κ3) is 5.29. The summed E-state index contributed by atoms with van der Waals surface area (Å²) in [7, 11) is 0. The van der Waals surface area contributed by atoms with Crippen LogP contribution in [0.3, 0.4) is 0 Å². The minimum absolute atomic E-state index is 0.722. The third-order valence-corrected chi connectivity index (χ3v) is 9.20. The molecule has 0 fully saturated rings. The van der Waals surface area contributed by atoms with Gasteiger partial charge in [-0.25, -0.2) is 9.97 Å². The summed E-state index contributed by atoms with van der Waals surface area (Å²) in [6, 6.07) is 48.3. The predicted octanol–water partition coefficient (Wildman–Crippen LogP) is 9.31. The highest BCUT2D eigenvalue weighted by Crippen LogP contribution is 2.45. The lowest BCUT2D eigenvalue weighted by atomic mass is 9.76. The highest BCUT2D eigenvalue weighted by Gasteiger charge is 2.40. The quantitative estimate of drug-likeness (QED) is 0.0837. The van der Waals surface area contributed by atoms with Crippen molar-refractivity contribution in [3.05, 3.63) is 187 Å². The standard InChI is InChI=1S/C43H35N5O/c1-3-40(49)45-35-21-13-14-30(25-35)39-27-44-42-41(47-39)36(38-26-31-23-22-29(2)24-37(31)46-38)28-48(42)43(32-15-7-4-8-16-32,33-17-9-5-10-18-33)34-19-11-6-12-20-34/h3-28,40,45-46,49H,1H2,2H3. The van der Waals surface area contributed by atoms with Crippen molar-refractivity contribution in [3.8, 4) is 22.5 Å². The van der Waals surface area contributed by atoms with Crippen molar-refractivity contribution < 1.29 is 5.11 Å². The molecule has 0 amide bonds. The van der Waals surface area contributed by atoms with E-state index in [1.54, 1.807) is 0 Å². The monoisotopic (exact) mass is 637 g/mol. The molecule has 0 saturated heterocycles. The number of anilines is 1. The van der Waals surface area contributed by atoms with E-state index in [9.17, 15) is 5.11 Å². The van der Waals surface area contributed by atoms with Crippen LogP contribution in [0.25, 0.3) is 44.6 Å². The number of aliphatic hydroxyl groups excluding tert-OH is 1. The molecule has 0 radical (unpaired) electrons. The number of fused-ring (bicyclic) bond motifs is 2. The number of aromatic amines is 1. The van der Waals surface area contributed by atoms with Gasteiger partial charge in [0, 0.05) is 33.9 Å². The Labute approximate surface area is 285 Å². The van der Waals surface area contributed by atoms with Crippen molar-refractivity contribution in [2.75, 3.05) is 5.32 Å². The van der Waals surface area contributed by atoms with Crippen LogP contribution in [0.15, 0.2) is 165 Å². The van der Waals surface area contributed by atoms with Gasteiger partial charge in [0.2, 0.25) is 0 Å². The predicted molar refractivity (Wildman–Crippen MR) is 199 cm³/mol. The fraction of sp³-hybridized carbons (Fsp3) is 0.0698. The SMILES string of the molecule is C=CC(O)Nc1cccc(-c2cnc3c(n2)c(-c2cc4ccc(C)cc4[nH]2)cn3C(c2ccccc2)(c2ccccc2)c2ccccc2)c1. The number of hydrogen-bond donors (Lipinski definition) is 3. The first kappa shape index (κ1) is 30.1. The van der Waals surface area contributed by atoms with Gasteiger partial charge in [-0.15, -0.1) is 0 Å². The maximum atomic E-state index is 10.2. The van der Waals surface area contributed by atoms with Gasteiger partial charge < -0.3 is 20.0 Å². The van der Waals surface area contributed by atoms with E-state index in [-0.39, 0.29) is 0 Å². The zero-order valence-electron chi connectivity index (χ0n) is 27.1. The Balaban J connectivity index is 1.45. The van der Waals surface area contributed by atoms with Gasteiger partial charge in [0.15, 0.2) is 5.65 Å². The van der Waals surface area contributed by atoms with Crippen LogP contribution in [0.4, 0.5) is 5.69 Å². The van der Waals surface area contributed by atoms with Gasteiger partial charge in [-0.3, -0.25) is 0 Å². The number of benzene rings is 5. The summed E-state index contributed by atoms with van der Waals surface area (Å²) < 4.78 is 2.30.